The fraction of sp³-hybridized carbons (Fsp3) is 0.0413. The first-order chi connectivity index (χ1) is 68.6. The second-order valence-electron chi connectivity index (χ2n) is 34.5. The summed E-state index contributed by atoms with van der Waals surface area (Å²) < 4.78 is 32.6. The molecule has 0 unspecified atom stereocenters. The minimum atomic E-state index is -0.312. The van der Waals surface area contributed by atoms with Gasteiger partial charge in [-0.1, -0.05) is 266 Å². The second kappa shape index (κ2) is 37.1. The van der Waals surface area contributed by atoms with E-state index < -0.39 is 0 Å². The summed E-state index contributed by atoms with van der Waals surface area (Å²) in [5, 5.41) is 14.3. The van der Waals surface area contributed by atoms with Crippen molar-refractivity contribution in [2.75, 3.05) is 0 Å². The van der Waals surface area contributed by atoms with Gasteiger partial charge in [0.2, 0.25) is 17.9 Å². The van der Waals surface area contributed by atoms with Gasteiger partial charge in [0.25, 0.3) is 0 Å². The van der Waals surface area contributed by atoms with Crippen LogP contribution in [0.15, 0.2) is 430 Å². The van der Waals surface area contributed by atoms with Crippen molar-refractivity contribution in [3.63, 3.8) is 0 Å². The monoisotopic (exact) mass is 1810 g/mol. The zero-order valence-corrected chi connectivity index (χ0v) is 76.5. The maximum absolute atomic E-state index is 13.9. The molecule has 0 atom stereocenters. The van der Waals surface area contributed by atoms with Gasteiger partial charge in [0.15, 0.2) is 58.1 Å². The van der Waals surface area contributed by atoms with Crippen LogP contribution in [0.2, 0.25) is 0 Å². The number of halogens is 2. The molecule has 0 aliphatic carbocycles. The van der Waals surface area contributed by atoms with E-state index in [1.165, 1.54) is 61.4 Å². The Morgan fingerprint density at radius 2 is 0.586 bits per heavy atom. The highest BCUT2D eigenvalue weighted by Gasteiger charge is 2.36. The molecule has 0 radical (unpaired) electrons. The molecule has 24 rings (SSSR count). The van der Waals surface area contributed by atoms with Gasteiger partial charge < -0.3 is 9.13 Å². The molecule has 140 heavy (non-hydrogen) atoms. The van der Waals surface area contributed by atoms with Crippen molar-refractivity contribution in [1.82, 2.24) is 43.9 Å². The minimum Gasteiger partial charge on any atom is -0.309 e. The van der Waals surface area contributed by atoms with Gasteiger partial charge in [0, 0.05) is 83.0 Å². The van der Waals surface area contributed by atoms with E-state index in [9.17, 15) is 14.0 Å². The largest absolute Gasteiger partial charge is 0.309 e. The first-order valence-electron chi connectivity index (χ1n) is 45.8. The Hall–Kier alpha value is -19.0. The van der Waals surface area contributed by atoms with Crippen molar-refractivity contribution in [3.8, 4) is 130 Å². The fourth-order valence-corrected chi connectivity index (χ4v) is 17.9. The summed E-state index contributed by atoms with van der Waals surface area (Å²) in [5.74, 6) is 4.98. The van der Waals surface area contributed by atoms with Crippen LogP contribution in [0, 0.1) is 64.2 Å². The number of aromatic nitrogens is 8. The molecule has 21 aromatic rings. The van der Waals surface area contributed by atoms with Crippen LogP contribution in [0.1, 0.15) is 50.1 Å². The zero-order chi connectivity index (χ0) is 95.0. The standard InChI is InChI=1S/C51H33N5.C42H27N5.C28H21F2N7/c1-4-15-34(16-5-1)49-52-50(35-17-6-2-7-18-35)54-51(53-49)38-19-14-22-40(31-38)56-46-26-13-11-24-42(46)44-33-37(28-30-48(44)56)36-27-29-47-43(32-36)41-23-10-12-25-45(41)55(47)39-20-8-3-9-21-39;1-28-9-3-11-30(21-28)32-13-5-17-36(23-32)40-45-41(37-18-6-14-33(24-37)31-12-4-10-29(22-31)27-43)47-42(46-40)38-19-7-15-34(25-38)35-16-8-20-39(26-35)44-2;1-14-5-6-18(11-15(14)2)23-31-26-33-24(19-7-9-21(29)16(3)12-19)35-28-36-25(34-27(32-23)37(26)28)20-8-10-22(30)17(4)13-20/h1-33H;3-26H,1H3;5-13H,1-4H3. The zero-order valence-electron chi connectivity index (χ0n) is 76.5. The van der Waals surface area contributed by atoms with E-state index in [-0.39, 0.29) is 17.6 Å². The smallest absolute Gasteiger partial charge is 0.243 e. The van der Waals surface area contributed by atoms with Crippen LogP contribution in [0.5, 0.6) is 0 Å². The first kappa shape index (κ1) is 86.4. The third-order valence-electron chi connectivity index (χ3n) is 25.2. The van der Waals surface area contributed by atoms with Crippen molar-refractivity contribution in [2.45, 2.75) is 34.6 Å². The molecular formula is C121H81F2N17. The molecule has 0 saturated heterocycles. The molecule has 3 aliphatic heterocycles. The van der Waals surface area contributed by atoms with Crippen LogP contribution < -0.4 is 0 Å². The summed E-state index contributed by atoms with van der Waals surface area (Å²) in [7, 11) is 0. The summed E-state index contributed by atoms with van der Waals surface area (Å²) in [6.45, 7) is 17.0. The van der Waals surface area contributed by atoms with Gasteiger partial charge in [-0.05, 0) is 241 Å². The summed E-state index contributed by atoms with van der Waals surface area (Å²) in [5.41, 5.74) is 28.3. The molecule has 17 nitrogen and oxygen atoms in total. The average molecular weight is 1810 g/mol. The Balaban J connectivity index is 0.000000123. The van der Waals surface area contributed by atoms with Crippen molar-refractivity contribution in [3.05, 3.63) is 474 Å². The quantitative estimate of drug-likeness (QED) is 0.0905. The van der Waals surface area contributed by atoms with Crippen molar-refractivity contribution in [2.24, 2.45) is 30.0 Å². The van der Waals surface area contributed by atoms with Gasteiger partial charge in [-0.2, -0.15) is 35.2 Å². The van der Waals surface area contributed by atoms with Gasteiger partial charge in [-0.3, -0.25) is 0 Å². The highest BCUT2D eigenvalue weighted by molar-refractivity contribution is 6.34. The first-order valence-corrected chi connectivity index (χ1v) is 45.8. The number of amidine groups is 3. The third kappa shape index (κ3) is 17.2. The summed E-state index contributed by atoms with van der Waals surface area (Å²) >= 11 is 0. The Labute approximate surface area is 805 Å². The number of nitrogens with zero attached hydrogens (tertiary/aromatic N) is 17. The Kier molecular flexibility index (Phi) is 22.9. The number of guanidine groups is 3. The highest BCUT2D eigenvalue weighted by Crippen LogP contribution is 2.42. The number of para-hydroxylation sites is 3. The Morgan fingerprint density at radius 3 is 1.04 bits per heavy atom. The molecule has 0 saturated carbocycles. The van der Waals surface area contributed by atoms with Crippen LogP contribution in [-0.4, -0.2) is 79.3 Å². The Bertz CT molecular complexity index is 8510. The SMILES string of the molecule is Cc1ccc(C2=NC3=NC(c4ccc(F)c(C)c4)=NC4=NC(c5ccc(F)c(C)c5)=NC(=N2)N34)cc1C.[C-]#[N+]c1cccc(-c2cccc(-c3nc(-c4cccc(-c5cccc(C)c5)c4)nc(-c4cccc(-c5cccc(C#N)c5)c4)n3)c2)c1.c1ccc(-c2nc(-c3ccccc3)nc(-c3cccc(-n4c5ccccc5c5cc(-c6ccc7c(c6)c6ccccc6n7-c6ccccc6)ccc54)c3)n2)cc1. The van der Waals surface area contributed by atoms with Crippen molar-refractivity contribution >= 4 is 84.7 Å². The maximum Gasteiger partial charge on any atom is 0.243 e. The van der Waals surface area contributed by atoms with Crippen molar-refractivity contribution < 1.29 is 8.78 Å². The van der Waals surface area contributed by atoms with Crippen LogP contribution in [0.25, 0.3) is 173 Å². The number of benzene rings is 17. The topological polar surface area (TPSA) is 193 Å². The second-order valence-corrected chi connectivity index (χ2v) is 34.5. The maximum atomic E-state index is 13.9. The number of aryl methyl sites for hydroxylation is 5. The van der Waals surface area contributed by atoms with E-state index in [0.29, 0.717) is 97.9 Å². The molecule has 0 bridgehead atoms. The van der Waals surface area contributed by atoms with Crippen LogP contribution >= 0.6 is 0 Å². The molecule has 4 aromatic heterocycles. The van der Waals surface area contributed by atoms with E-state index in [1.807, 2.05) is 178 Å². The number of hydrogen-bond acceptors (Lipinski definition) is 14. The molecule has 0 spiro atoms. The van der Waals surface area contributed by atoms with Gasteiger partial charge in [-0.25, -0.2) is 48.4 Å². The lowest BCUT2D eigenvalue weighted by molar-refractivity contribution is 0.618. The molecule has 0 amide bonds. The lowest BCUT2D eigenvalue weighted by atomic mass is 10.00. The van der Waals surface area contributed by atoms with Gasteiger partial charge >= 0.3 is 0 Å². The molecule has 0 fully saturated rings. The lowest BCUT2D eigenvalue weighted by Crippen LogP contribution is -2.48. The summed E-state index contributed by atoms with van der Waals surface area (Å²) in [6, 6.07) is 136. The molecule has 3 aliphatic rings. The van der Waals surface area contributed by atoms with E-state index in [0.717, 1.165) is 106 Å². The van der Waals surface area contributed by atoms with E-state index in [1.54, 1.807) is 55.1 Å². The molecule has 17 aromatic carbocycles. The number of aliphatic imine (C=N–C) groups is 6. The minimum absolute atomic E-state index is 0.274. The van der Waals surface area contributed by atoms with Crippen LogP contribution in [0.3, 0.4) is 0 Å². The summed E-state index contributed by atoms with van der Waals surface area (Å²) in [6.07, 6.45) is 0. The van der Waals surface area contributed by atoms with Gasteiger partial charge in [0.1, 0.15) is 11.6 Å². The molecule has 7 heterocycles. The third-order valence-corrected chi connectivity index (χ3v) is 25.2. The van der Waals surface area contributed by atoms with E-state index in [4.69, 9.17) is 46.5 Å². The fourth-order valence-electron chi connectivity index (χ4n) is 17.9. The number of nitriles is 1. The normalized spacial score (nSPS) is 12.5. The summed E-state index contributed by atoms with van der Waals surface area (Å²) in [4.78, 5) is 63.2. The van der Waals surface area contributed by atoms with Gasteiger partial charge in [-0.15, -0.1) is 0 Å². The van der Waals surface area contributed by atoms with Gasteiger partial charge in [0.05, 0.1) is 40.3 Å². The average Bonchev–Trinajstić information content (AvgIpc) is 1.69. The molecule has 19 heteroatoms. The van der Waals surface area contributed by atoms with Crippen LogP contribution in [0.4, 0.5) is 14.5 Å². The number of rotatable bonds is 15. The molecular weight excluding hydrogens is 1730 g/mol. The van der Waals surface area contributed by atoms with Crippen LogP contribution in [-0.2, 0) is 0 Å². The van der Waals surface area contributed by atoms with Crippen molar-refractivity contribution in [1.29, 1.82) is 5.26 Å². The predicted molar refractivity (Wildman–Crippen MR) is 560 cm³/mol. The number of hydrogen-bond donors (Lipinski definition) is 0. The molecule has 664 valence electrons. The lowest BCUT2D eigenvalue weighted by Gasteiger charge is -2.30. The van der Waals surface area contributed by atoms with E-state index >= 15 is 0 Å². The van der Waals surface area contributed by atoms with E-state index in [2.05, 4.69) is 235 Å². The predicted octanol–water partition coefficient (Wildman–Crippen LogP) is 28.6. The highest BCUT2D eigenvalue weighted by atomic mass is 19.1. The number of fused-ring (bicyclic) bond motifs is 6. The molecule has 0 N–H and O–H groups in total. The Morgan fingerprint density at radius 1 is 0.250 bits per heavy atom.